The van der Waals surface area contributed by atoms with E-state index in [1.807, 2.05) is 6.26 Å². The van der Waals surface area contributed by atoms with E-state index in [0.29, 0.717) is 0 Å². The molecule has 3 nitrogen and oxygen atoms in total. The van der Waals surface area contributed by atoms with Crippen molar-refractivity contribution in [2.24, 2.45) is 0 Å². The lowest BCUT2D eigenvalue weighted by Gasteiger charge is -1.80. The Hall–Kier alpha value is -0.0300. The van der Waals surface area contributed by atoms with Crippen molar-refractivity contribution in [2.45, 2.75) is 5.03 Å². The normalized spacial score (nSPS) is 9.75. The van der Waals surface area contributed by atoms with Crippen molar-refractivity contribution in [3.63, 3.8) is 0 Å². The summed E-state index contributed by atoms with van der Waals surface area (Å²) in [6.07, 6.45) is 1.95. The molecule has 1 N–H and O–H groups in total. The van der Waals surface area contributed by atoms with Crippen molar-refractivity contribution in [2.75, 3.05) is 6.26 Å². The van der Waals surface area contributed by atoms with Crippen LogP contribution in [0.1, 0.15) is 0 Å². The molecule has 0 aliphatic carbocycles. The van der Waals surface area contributed by atoms with Gasteiger partial charge in [0.1, 0.15) is 0 Å². The SMILES string of the molecule is CSc1n[nH]nc1Br. The second-order valence-corrected chi connectivity index (χ2v) is 2.67. The van der Waals surface area contributed by atoms with Crippen LogP contribution in [-0.2, 0) is 0 Å². The van der Waals surface area contributed by atoms with Gasteiger partial charge in [0.25, 0.3) is 0 Å². The third-order valence-electron chi connectivity index (χ3n) is 0.670. The van der Waals surface area contributed by atoms with Crippen molar-refractivity contribution in [3.8, 4) is 0 Å². The van der Waals surface area contributed by atoms with E-state index in [9.17, 15) is 0 Å². The number of nitrogens with one attached hydrogen (secondary N) is 1. The predicted octanol–water partition coefficient (Wildman–Crippen LogP) is 1.29. The Bertz CT molecular complexity index is 175. The van der Waals surface area contributed by atoms with Crippen LogP contribution in [-0.4, -0.2) is 21.7 Å². The lowest BCUT2D eigenvalue weighted by atomic mass is 10.9. The summed E-state index contributed by atoms with van der Waals surface area (Å²) in [7, 11) is 0. The van der Waals surface area contributed by atoms with Gasteiger partial charge in [-0.2, -0.15) is 5.21 Å². The Balaban J connectivity index is 2.92. The molecule has 8 heavy (non-hydrogen) atoms. The zero-order valence-electron chi connectivity index (χ0n) is 4.18. The van der Waals surface area contributed by atoms with Crippen molar-refractivity contribution < 1.29 is 0 Å². The molecule has 1 rings (SSSR count). The highest BCUT2D eigenvalue weighted by Crippen LogP contribution is 2.18. The number of nitrogens with zero attached hydrogens (tertiary/aromatic N) is 2. The van der Waals surface area contributed by atoms with Gasteiger partial charge in [-0.05, 0) is 22.2 Å². The molecular formula is C3H4BrN3S. The molecule has 0 aliphatic heterocycles. The fourth-order valence-corrected chi connectivity index (χ4v) is 1.34. The predicted molar refractivity (Wildman–Crippen MR) is 35.9 cm³/mol. The summed E-state index contributed by atoms with van der Waals surface area (Å²) in [5.74, 6) is 0. The summed E-state index contributed by atoms with van der Waals surface area (Å²) in [4.78, 5) is 0. The highest BCUT2D eigenvalue weighted by Gasteiger charge is 1.98. The third kappa shape index (κ3) is 1.03. The molecular weight excluding hydrogens is 190 g/mol. The van der Waals surface area contributed by atoms with Crippen LogP contribution in [0.3, 0.4) is 0 Å². The van der Waals surface area contributed by atoms with Gasteiger partial charge >= 0.3 is 0 Å². The second kappa shape index (κ2) is 2.50. The van der Waals surface area contributed by atoms with Crippen LogP contribution in [0.5, 0.6) is 0 Å². The van der Waals surface area contributed by atoms with E-state index in [4.69, 9.17) is 0 Å². The summed E-state index contributed by atoms with van der Waals surface area (Å²) in [5, 5.41) is 10.9. The van der Waals surface area contributed by atoms with Crippen LogP contribution in [0.25, 0.3) is 0 Å². The van der Waals surface area contributed by atoms with Gasteiger partial charge in [0.05, 0.1) is 0 Å². The number of rotatable bonds is 1. The Morgan fingerprint density at radius 2 is 2.38 bits per heavy atom. The molecule has 1 aromatic heterocycles. The number of thioether (sulfide) groups is 1. The van der Waals surface area contributed by atoms with E-state index in [0.717, 1.165) is 9.63 Å². The zero-order valence-corrected chi connectivity index (χ0v) is 6.58. The molecule has 0 atom stereocenters. The number of aromatic nitrogens is 3. The van der Waals surface area contributed by atoms with Crippen LogP contribution in [0, 0.1) is 0 Å². The van der Waals surface area contributed by atoms with Crippen LogP contribution in [0.2, 0.25) is 0 Å². The lowest BCUT2D eigenvalue weighted by molar-refractivity contribution is 0.910. The van der Waals surface area contributed by atoms with Crippen molar-refractivity contribution in [1.82, 2.24) is 15.4 Å². The molecule has 0 fully saturated rings. The van der Waals surface area contributed by atoms with Gasteiger partial charge in [0.15, 0.2) is 9.63 Å². The van der Waals surface area contributed by atoms with Crippen molar-refractivity contribution >= 4 is 27.7 Å². The fourth-order valence-electron chi connectivity index (χ4n) is 0.338. The monoisotopic (exact) mass is 193 g/mol. The molecule has 1 heterocycles. The number of aromatic amines is 1. The van der Waals surface area contributed by atoms with Gasteiger partial charge in [-0.3, -0.25) is 0 Å². The summed E-state index contributed by atoms with van der Waals surface area (Å²) in [6, 6.07) is 0. The summed E-state index contributed by atoms with van der Waals surface area (Å²) in [5.41, 5.74) is 0. The summed E-state index contributed by atoms with van der Waals surface area (Å²) < 4.78 is 0.782. The summed E-state index contributed by atoms with van der Waals surface area (Å²) in [6.45, 7) is 0. The largest absolute Gasteiger partial charge is 0.196 e. The minimum absolute atomic E-state index is 0.782. The highest BCUT2D eigenvalue weighted by atomic mass is 79.9. The van der Waals surface area contributed by atoms with Crippen molar-refractivity contribution in [3.05, 3.63) is 4.60 Å². The molecule has 1 aromatic rings. The maximum atomic E-state index is 3.81. The molecule has 0 spiro atoms. The van der Waals surface area contributed by atoms with E-state index in [1.54, 1.807) is 11.8 Å². The van der Waals surface area contributed by atoms with Gasteiger partial charge in [-0.15, -0.1) is 22.0 Å². The standard InChI is InChI=1S/C3H4BrN3S/c1-8-3-2(4)5-7-6-3/h1H3,(H,5,6,7). The van der Waals surface area contributed by atoms with Crippen LogP contribution >= 0.6 is 27.7 Å². The molecule has 0 aromatic carbocycles. The lowest BCUT2D eigenvalue weighted by Crippen LogP contribution is -1.67. The first-order valence-corrected chi connectivity index (χ1v) is 3.96. The quantitative estimate of drug-likeness (QED) is 0.685. The molecule has 0 amide bonds. The number of hydrogen-bond donors (Lipinski definition) is 1. The molecule has 0 saturated heterocycles. The maximum absolute atomic E-state index is 3.81. The number of halogens is 1. The van der Waals surface area contributed by atoms with Gasteiger partial charge < -0.3 is 0 Å². The van der Waals surface area contributed by atoms with E-state index in [-0.39, 0.29) is 0 Å². The Morgan fingerprint density at radius 3 is 2.62 bits per heavy atom. The molecule has 0 bridgehead atoms. The van der Waals surface area contributed by atoms with E-state index >= 15 is 0 Å². The van der Waals surface area contributed by atoms with E-state index in [1.165, 1.54) is 0 Å². The van der Waals surface area contributed by atoms with Gasteiger partial charge in [-0.25, -0.2) is 0 Å². The van der Waals surface area contributed by atoms with Gasteiger partial charge in [0, 0.05) is 0 Å². The first-order valence-electron chi connectivity index (χ1n) is 1.95. The van der Waals surface area contributed by atoms with E-state index < -0.39 is 0 Å². The molecule has 0 unspecified atom stereocenters. The molecule has 5 heteroatoms. The number of H-pyrrole nitrogens is 1. The molecule has 0 saturated carbocycles. The molecule has 0 aliphatic rings. The van der Waals surface area contributed by atoms with Crippen LogP contribution in [0.4, 0.5) is 0 Å². The van der Waals surface area contributed by atoms with Gasteiger partial charge in [0.2, 0.25) is 0 Å². The van der Waals surface area contributed by atoms with E-state index in [2.05, 4.69) is 31.3 Å². The first-order chi connectivity index (χ1) is 3.84. The molecule has 44 valence electrons. The van der Waals surface area contributed by atoms with Gasteiger partial charge in [-0.1, -0.05) is 0 Å². The minimum atomic E-state index is 0.782. The minimum Gasteiger partial charge on any atom is -0.196 e. The summed E-state index contributed by atoms with van der Waals surface area (Å²) >= 11 is 4.75. The topological polar surface area (TPSA) is 41.6 Å². The Kier molecular flexibility index (Phi) is 1.90. The highest BCUT2D eigenvalue weighted by molar-refractivity contribution is 9.10. The third-order valence-corrected chi connectivity index (χ3v) is 2.16. The van der Waals surface area contributed by atoms with Crippen LogP contribution < -0.4 is 0 Å². The Labute approximate surface area is 59.4 Å². The maximum Gasteiger partial charge on any atom is 0.162 e. The smallest absolute Gasteiger partial charge is 0.162 e. The number of hydrogen-bond acceptors (Lipinski definition) is 3. The second-order valence-electron chi connectivity index (χ2n) is 1.12. The molecule has 0 radical (unpaired) electrons. The Morgan fingerprint density at radius 1 is 1.62 bits per heavy atom. The average molecular weight is 194 g/mol. The zero-order chi connectivity index (χ0) is 5.98. The fraction of sp³-hybridized carbons (Fsp3) is 0.333. The van der Waals surface area contributed by atoms with Crippen molar-refractivity contribution in [1.29, 1.82) is 0 Å². The van der Waals surface area contributed by atoms with Crippen LogP contribution in [0.15, 0.2) is 9.63 Å². The first kappa shape index (κ1) is 6.10. The average Bonchev–Trinajstić information content (AvgIpc) is 2.14.